The number of para-hydroxylation sites is 1. The number of likely N-dealkylation sites (N-methyl/N-ethyl adjacent to an activating group) is 1. The molecule has 2 nitrogen and oxygen atoms in total. The van der Waals surface area contributed by atoms with Gasteiger partial charge in [0.05, 0.1) is 10.7 Å². The summed E-state index contributed by atoms with van der Waals surface area (Å²) in [7, 11) is 2.17. The highest BCUT2D eigenvalue weighted by Gasteiger charge is 2.23. The Kier molecular flexibility index (Phi) is 5.48. The van der Waals surface area contributed by atoms with Gasteiger partial charge in [0.1, 0.15) is 0 Å². The zero-order valence-electron chi connectivity index (χ0n) is 12.1. The minimum absolute atomic E-state index is 0.305. The van der Waals surface area contributed by atoms with Crippen LogP contribution in [0.5, 0.6) is 0 Å². The molecule has 0 heterocycles. The van der Waals surface area contributed by atoms with E-state index in [1.54, 1.807) is 0 Å². The Morgan fingerprint density at radius 2 is 1.89 bits per heavy atom. The molecule has 0 aliphatic rings. The van der Waals surface area contributed by atoms with Crippen LogP contribution in [0, 0.1) is 5.41 Å². The maximum Gasteiger partial charge on any atom is 0.0637 e. The quantitative estimate of drug-likeness (QED) is 0.864. The van der Waals surface area contributed by atoms with Crippen molar-refractivity contribution in [1.82, 2.24) is 4.90 Å². The molecule has 1 aromatic carbocycles. The van der Waals surface area contributed by atoms with Gasteiger partial charge in [0.25, 0.3) is 0 Å². The Balaban J connectivity index is 2.41. The van der Waals surface area contributed by atoms with E-state index in [9.17, 15) is 0 Å². The van der Waals surface area contributed by atoms with Crippen molar-refractivity contribution in [3.63, 3.8) is 0 Å². The molecule has 0 radical (unpaired) electrons. The van der Waals surface area contributed by atoms with Gasteiger partial charge in [-0.05, 0) is 31.5 Å². The summed E-state index contributed by atoms with van der Waals surface area (Å²) in [5.41, 5.74) is 1.31. The highest BCUT2D eigenvalue weighted by molar-refractivity contribution is 6.33. The van der Waals surface area contributed by atoms with Crippen molar-refractivity contribution < 1.29 is 0 Å². The summed E-state index contributed by atoms with van der Waals surface area (Å²) >= 11 is 6.10. The van der Waals surface area contributed by atoms with E-state index in [1.165, 1.54) is 0 Å². The predicted molar refractivity (Wildman–Crippen MR) is 81.5 cm³/mol. The van der Waals surface area contributed by atoms with Crippen molar-refractivity contribution in [2.75, 3.05) is 25.5 Å². The first-order chi connectivity index (χ1) is 8.32. The zero-order chi connectivity index (χ0) is 13.8. The lowest BCUT2D eigenvalue weighted by molar-refractivity contribution is 0.146. The molecule has 1 atom stereocenters. The van der Waals surface area contributed by atoms with E-state index in [-0.39, 0.29) is 0 Å². The Morgan fingerprint density at radius 3 is 2.44 bits per heavy atom. The molecule has 1 unspecified atom stereocenters. The Hall–Kier alpha value is -0.730. The third kappa shape index (κ3) is 4.51. The van der Waals surface area contributed by atoms with Crippen LogP contribution >= 0.6 is 11.6 Å². The zero-order valence-corrected chi connectivity index (χ0v) is 12.9. The van der Waals surface area contributed by atoms with Crippen molar-refractivity contribution in [2.45, 2.75) is 33.7 Å². The SMILES string of the molecule is CC(N(C)CCNc1ccccc1Cl)C(C)(C)C. The topological polar surface area (TPSA) is 15.3 Å². The lowest BCUT2D eigenvalue weighted by Gasteiger charge is -2.35. The van der Waals surface area contributed by atoms with E-state index < -0.39 is 0 Å². The second kappa shape index (κ2) is 6.44. The van der Waals surface area contributed by atoms with Gasteiger partial charge < -0.3 is 10.2 Å². The summed E-state index contributed by atoms with van der Waals surface area (Å²) in [6.07, 6.45) is 0. The monoisotopic (exact) mass is 268 g/mol. The van der Waals surface area contributed by atoms with Gasteiger partial charge in [0.2, 0.25) is 0 Å². The van der Waals surface area contributed by atoms with Crippen LogP contribution in [0.1, 0.15) is 27.7 Å². The molecule has 0 aliphatic heterocycles. The molecule has 102 valence electrons. The van der Waals surface area contributed by atoms with Gasteiger partial charge in [-0.3, -0.25) is 0 Å². The second-order valence-electron chi connectivity index (χ2n) is 5.93. The molecular formula is C15H25ClN2. The van der Waals surface area contributed by atoms with E-state index >= 15 is 0 Å². The summed E-state index contributed by atoms with van der Waals surface area (Å²) in [5, 5.41) is 4.16. The van der Waals surface area contributed by atoms with Crippen LogP contribution in [0.25, 0.3) is 0 Å². The first-order valence-corrected chi connectivity index (χ1v) is 6.89. The molecule has 0 aromatic heterocycles. The van der Waals surface area contributed by atoms with Crippen LogP contribution in [-0.2, 0) is 0 Å². The summed E-state index contributed by atoms with van der Waals surface area (Å²) in [4.78, 5) is 2.38. The van der Waals surface area contributed by atoms with E-state index in [0.29, 0.717) is 11.5 Å². The Morgan fingerprint density at radius 1 is 1.28 bits per heavy atom. The average Bonchev–Trinajstić information content (AvgIpc) is 2.29. The number of halogens is 1. The number of anilines is 1. The second-order valence-corrected chi connectivity index (χ2v) is 6.34. The van der Waals surface area contributed by atoms with Crippen LogP contribution in [0.3, 0.4) is 0 Å². The molecule has 1 aromatic rings. The van der Waals surface area contributed by atoms with Crippen molar-refractivity contribution in [1.29, 1.82) is 0 Å². The van der Waals surface area contributed by atoms with E-state index in [1.807, 2.05) is 24.3 Å². The van der Waals surface area contributed by atoms with Crippen molar-refractivity contribution >= 4 is 17.3 Å². The minimum atomic E-state index is 0.305. The number of nitrogens with one attached hydrogen (secondary N) is 1. The fourth-order valence-corrected chi connectivity index (χ4v) is 2.03. The van der Waals surface area contributed by atoms with Crippen molar-refractivity contribution in [2.24, 2.45) is 5.41 Å². The maximum atomic E-state index is 6.10. The molecule has 0 saturated heterocycles. The maximum absolute atomic E-state index is 6.10. The lowest BCUT2D eigenvalue weighted by atomic mass is 9.87. The third-order valence-electron chi connectivity index (χ3n) is 3.57. The summed E-state index contributed by atoms with van der Waals surface area (Å²) in [6, 6.07) is 8.41. The lowest BCUT2D eigenvalue weighted by Crippen LogP contribution is -2.41. The molecule has 0 amide bonds. The highest BCUT2D eigenvalue weighted by Crippen LogP contribution is 2.23. The number of rotatable bonds is 5. The Bertz CT molecular complexity index is 371. The largest absolute Gasteiger partial charge is 0.383 e. The number of hydrogen-bond donors (Lipinski definition) is 1. The van der Waals surface area contributed by atoms with Crippen LogP contribution in [-0.4, -0.2) is 31.1 Å². The number of nitrogens with zero attached hydrogens (tertiary/aromatic N) is 1. The first-order valence-electron chi connectivity index (χ1n) is 6.51. The molecule has 3 heteroatoms. The molecule has 0 spiro atoms. The summed E-state index contributed by atoms with van der Waals surface area (Å²) in [6.45, 7) is 11.0. The minimum Gasteiger partial charge on any atom is -0.383 e. The molecule has 0 aliphatic carbocycles. The van der Waals surface area contributed by atoms with Gasteiger partial charge in [-0.2, -0.15) is 0 Å². The molecule has 1 rings (SSSR count). The molecule has 0 bridgehead atoms. The van der Waals surface area contributed by atoms with Crippen molar-refractivity contribution in [3.8, 4) is 0 Å². The van der Waals surface area contributed by atoms with Gasteiger partial charge >= 0.3 is 0 Å². The van der Waals surface area contributed by atoms with Gasteiger partial charge in [-0.1, -0.05) is 44.5 Å². The van der Waals surface area contributed by atoms with Crippen LogP contribution in [0.2, 0.25) is 5.02 Å². The fraction of sp³-hybridized carbons (Fsp3) is 0.600. The van der Waals surface area contributed by atoms with Crippen LogP contribution in [0.4, 0.5) is 5.69 Å². The average molecular weight is 269 g/mol. The summed E-state index contributed by atoms with van der Waals surface area (Å²) < 4.78 is 0. The number of benzene rings is 1. The van der Waals surface area contributed by atoms with E-state index in [0.717, 1.165) is 23.8 Å². The first kappa shape index (κ1) is 15.3. The van der Waals surface area contributed by atoms with E-state index in [4.69, 9.17) is 11.6 Å². The third-order valence-corrected chi connectivity index (χ3v) is 3.90. The van der Waals surface area contributed by atoms with Gasteiger partial charge in [0, 0.05) is 19.1 Å². The van der Waals surface area contributed by atoms with Gasteiger partial charge in [0.15, 0.2) is 0 Å². The molecule has 18 heavy (non-hydrogen) atoms. The van der Waals surface area contributed by atoms with Crippen LogP contribution < -0.4 is 5.32 Å². The molecule has 0 saturated carbocycles. The number of hydrogen-bond acceptors (Lipinski definition) is 2. The fourth-order valence-electron chi connectivity index (χ4n) is 1.83. The normalized spacial score (nSPS) is 13.7. The summed E-state index contributed by atoms with van der Waals surface area (Å²) in [5.74, 6) is 0. The van der Waals surface area contributed by atoms with Crippen LogP contribution in [0.15, 0.2) is 24.3 Å². The van der Waals surface area contributed by atoms with Crippen molar-refractivity contribution in [3.05, 3.63) is 29.3 Å². The standard InChI is InChI=1S/C15H25ClN2/c1-12(15(2,3)4)18(5)11-10-17-14-9-7-6-8-13(14)16/h6-9,12,17H,10-11H2,1-5H3. The van der Waals surface area contributed by atoms with E-state index in [2.05, 4.69) is 45.0 Å². The predicted octanol–water partition coefficient (Wildman–Crippen LogP) is 4.12. The Labute approximate surface area is 116 Å². The smallest absolute Gasteiger partial charge is 0.0637 e. The van der Waals surface area contributed by atoms with Gasteiger partial charge in [-0.15, -0.1) is 0 Å². The molecular weight excluding hydrogens is 244 g/mol. The van der Waals surface area contributed by atoms with Gasteiger partial charge in [-0.25, -0.2) is 0 Å². The molecule has 0 fully saturated rings. The highest BCUT2D eigenvalue weighted by atomic mass is 35.5. The molecule has 1 N–H and O–H groups in total.